The molecule has 0 fully saturated rings. The van der Waals surface area contributed by atoms with E-state index in [-0.39, 0.29) is 12.5 Å². The van der Waals surface area contributed by atoms with Gasteiger partial charge in [-0.25, -0.2) is 4.98 Å². The minimum Gasteiger partial charge on any atom is -0.497 e. The molecule has 2 aromatic carbocycles. The number of carbonyl (C=O) groups is 1. The largest absolute Gasteiger partial charge is 0.497 e. The summed E-state index contributed by atoms with van der Waals surface area (Å²) in [5, 5.41) is 1.17. The number of methoxy groups -OCH3 is 1. The Kier molecular flexibility index (Phi) is 6.30. The molecule has 0 bridgehead atoms. The first-order valence-electron chi connectivity index (χ1n) is 9.97. The molecule has 0 saturated heterocycles. The van der Waals surface area contributed by atoms with Crippen LogP contribution >= 0.6 is 22.9 Å². The SMILES string of the molecule is COc1ccc2nc(N(Cc3ccccn3)C(=O)C(C)(C)Oc3ccc(Cl)cc3)sc2c1. The van der Waals surface area contributed by atoms with E-state index in [0.717, 1.165) is 21.7 Å². The van der Waals surface area contributed by atoms with Gasteiger partial charge in [-0.3, -0.25) is 14.7 Å². The van der Waals surface area contributed by atoms with Crippen molar-refractivity contribution in [3.63, 3.8) is 0 Å². The van der Waals surface area contributed by atoms with Crippen molar-refractivity contribution in [3.8, 4) is 11.5 Å². The fourth-order valence-electron chi connectivity index (χ4n) is 3.18. The number of ether oxygens (including phenoxy) is 2. The number of anilines is 1. The van der Waals surface area contributed by atoms with Crippen LogP contribution in [0.1, 0.15) is 19.5 Å². The Balaban J connectivity index is 1.69. The van der Waals surface area contributed by atoms with Crippen LogP contribution in [0.2, 0.25) is 5.02 Å². The van der Waals surface area contributed by atoms with Gasteiger partial charge >= 0.3 is 0 Å². The molecule has 2 heterocycles. The van der Waals surface area contributed by atoms with Crippen LogP contribution in [0.25, 0.3) is 10.2 Å². The molecular formula is C24H22ClN3O3S. The summed E-state index contributed by atoms with van der Waals surface area (Å²) in [4.78, 5) is 24.4. The van der Waals surface area contributed by atoms with Crippen LogP contribution in [0, 0.1) is 0 Å². The lowest BCUT2D eigenvalue weighted by molar-refractivity contribution is -0.131. The van der Waals surface area contributed by atoms with Gasteiger partial charge in [0, 0.05) is 11.2 Å². The van der Waals surface area contributed by atoms with E-state index >= 15 is 0 Å². The van der Waals surface area contributed by atoms with Gasteiger partial charge in [-0.1, -0.05) is 29.0 Å². The van der Waals surface area contributed by atoms with Gasteiger partial charge in [-0.2, -0.15) is 0 Å². The lowest BCUT2D eigenvalue weighted by atomic mass is 10.1. The van der Waals surface area contributed by atoms with Crippen LogP contribution in [-0.2, 0) is 11.3 Å². The fraction of sp³-hybridized carbons (Fsp3) is 0.208. The lowest BCUT2D eigenvalue weighted by Crippen LogP contribution is -2.49. The van der Waals surface area contributed by atoms with E-state index in [1.165, 1.54) is 11.3 Å². The van der Waals surface area contributed by atoms with E-state index in [2.05, 4.69) is 4.98 Å². The molecule has 0 radical (unpaired) electrons. The molecule has 0 aliphatic carbocycles. The van der Waals surface area contributed by atoms with Crippen LogP contribution in [-0.4, -0.2) is 28.6 Å². The Morgan fingerprint density at radius 3 is 2.53 bits per heavy atom. The second-order valence-electron chi connectivity index (χ2n) is 7.61. The van der Waals surface area contributed by atoms with Crippen molar-refractivity contribution >= 4 is 44.2 Å². The van der Waals surface area contributed by atoms with Crippen molar-refractivity contribution in [2.75, 3.05) is 12.0 Å². The van der Waals surface area contributed by atoms with Gasteiger partial charge in [0.25, 0.3) is 5.91 Å². The summed E-state index contributed by atoms with van der Waals surface area (Å²) in [6, 6.07) is 18.2. The highest BCUT2D eigenvalue weighted by molar-refractivity contribution is 7.22. The van der Waals surface area contributed by atoms with Gasteiger partial charge in [0.05, 0.1) is 29.6 Å². The highest BCUT2D eigenvalue weighted by Gasteiger charge is 2.36. The van der Waals surface area contributed by atoms with E-state index < -0.39 is 5.60 Å². The number of benzene rings is 2. The predicted octanol–water partition coefficient (Wildman–Crippen LogP) is 5.74. The van der Waals surface area contributed by atoms with E-state index in [0.29, 0.717) is 15.9 Å². The van der Waals surface area contributed by atoms with Crippen LogP contribution in [0.4, 0.5) is 5.13 Å². The first-order chi connectivity index (χ1) is 15.4. The van der Waals surface area contributed by atoms with Gasteiger partial charge in [0.1, 0.15) is 11.5 Å². The summed E-state index contributed by atoms with van der Waals surface area (Å²) in [6.45, 7) is 3.75. The maximum atomic E-state index is 13.7. The molecule has 0 unspecified atom stereocenters. The summed E-state index contributed by atoms with van der Waals surface area (Å²) < 4.78 is 12.3. The third-order valence-electron chi connectivity index (χ3n) is 4.81. The number of thiazole rings is 1. The highest BCUT2D eigenvalue weighted by Crippen LogP contribution is 2.34. The molecule has 0 aliphatic heterocycles. The number of fused-ring (bicyclic) bond motifs is 1. The number of aromatic nitrogens is 2. The summed E-state index contributed by atoms with van der Waals surface area (Å²) in [7, 11) is 1.62. The Bertz CT molecular complexity index is 1230. The topological polar surface area (TPSA) is 64.5 Å². The number of nitrogens with zero attached hydrogens (tertiary/aromatic N) is 3. The minimum absolute atomic E-state index is 0.232. The molecule has 1 amide bonds. The molecule has 0 saturated carbocycles. The molecule has 2 aromatic heterocycles. The molecule has 32 heavy (non-hydrogen) atoms. The number of pyridine rings is 1. The first-order valence-corrected chi connectivity index (χ1v) is 11.2. The molecule has 0 atom stereocenters. The summed E-state index contributed by atoms with van der Waals surface area (Å²) in [5.74, 6) is 1.06. The Labute approximate surface area is 195 Å². The summed E-state index contributed by atoms with van der Waals surface area (Å²) >= 11 is 7.39. The second-order valence-corrected chi connectivity index (χ2v) is 9.05. The number of hydrogen-bond acceptors (Lipinski definition) is 6. The van der Waals surface area contributed by atoms with Crippen LogP contribution in [0.3, 0.4) is 0 Å². The zero-order chi connectivity index (χ0) is 22.7. The van der Waals surface area contributed by atoms with Crippen molar-refractivity contribution in [1.82, 2.24) is 9.97 Å². The Hall–Kier alpha value is -3.16. The van der Waals surface area contributed by atoms with E-state index in [1.807, 2.05) is 36.4 Å². The fourth-order valence-corrected chi connectivity index (χ4v) is 4.30. The molecule has 6 nitrogen and oxygen atoms in total. The van der Waals surface area contributed by atoms with E-state index in [1.54, 1.807) is 56.3 Å². The van der Waals surface area contributed by atoms with Gasteiger partial charge in [0.2, 0.25) is 0 Å². The number of hydrogen-bond donors (Lipinski definition) is 0. The Morgan fingerprint density at radius 2 is 1.84 bits per heavy atom. The average molecular weight is 468 g/mol. The van der Waals surface area contributed by atoms with Crippen molar-refractivity contribution in [2.24, 2.45) is 0 Å². The maximum absolute atomic E-state index is 13.7. The zero-order valence-electron chi connectivity index (χ0n) is 17.9. The molecule has 4 aromatic rings. The Morgan fingerprint density at radius 1 is 1.09 bits per heavy atom. The van der Waals surface area contributed by atoms with Crippen LogP contribution in [0.15, 0.2) is 66.9 Å². The van der Waals surface area contributed by atoms with Gasteiger partial charge in [0.15, 0.2) is 10.7 Å². The van der Waals surface area contributed by atoms with Gasteiger partial charge in [-0.15, -0.1) is 0 Å². The quantitative estimate of drug-likeness (QED) is 0.346. The van der Waals surface area contributed by atoms with Crippen molar-refractivity contribution in [1.29, 1.82) is 0 Å². The molecule has 8 heteroatoms. The third kappa shape index (κ3) is 4.84. The molecule has 164 valence electrons. The average Bonchev–Trinajstić information content (AvgIpc) is 3.22. The predicted molar refractivity (Wildman–Crippen MR) is 128 cm³/mol. The van der Waals surface area contributed by atoms with Gasteiger partial charge in [-0.05, 0) is 68.4 Å². The van der Waals surface area contributed by atoms with E-state index in [9.17, 15) is 4.79 Å². The number of carbonyl (C=O) groups excluding carboxylic acids is 1. The molecule has 0 N–H and O–H groups in total. The van der Waals surface area contributed by atoms with E-state index in [4.69, 9.17) is 26.1 Å². The highest BCUT2D eigenvalue weighted by atomic mass is 35.5. The summed E-state index contributed by atoms with van der Waals surface area (Å²) in [5.41, 5.74) is 0.388. The molecule has 0 aliphatic rings. The zero-order valence-corrected chi connectivity index (χ0v) is 19.5. The maximum Gasteiger partial charge on any atom is 0.272 e. The second kappa shape index (κ2) is 9.14. The van der Waals surface area contributed by atoms with Crippen molar-refractivity contribution in [2.45, 2.75) is 26.0 Å². The monoisotopic (exact) mass is 467 g/mol. The number of rotatable bonds is 7. The van der Waals surface area contributed by atoms with Crippen LogP contribution in [0.5, 0.6) is 11.5 Å². The number of halogens is 1. The lowest BCUT2D eigenvalue weighted by Gasteiger charge is -2.31. The third-order valence-corrected chi connectivity index (χ3v) is 6.10. The van der Waals surface area contributed by atoms with Crippen molar-refractivity contribution < 1.29 is 14.3 Å². The van der Waals surface area contributed by atoms with Crippen molar-refractivity contribution in [3.05, 3.63) is 77.6 Å². The first kappa shape index (κ1) is 22.0. The normalized spacial score (nSPS) is 11.4. The van der Waals surface area contributed by atoms with Crippen LogP contribution < -0.4 is 14.4 Å². The smallest absolute Gasteiger partial charge is 0.272 e. The summed E-state index contributed by atoms with van der Waals surface area (Å²) in [6.07, 6.45) is 1.70. The molecule has 4 rings (SSSR count). The number of amides is 1. The molecular weight excluding hydrogens is 446 g/mol. The molecule has 0 spiro atoms. The van der Waals surface area contributed by atoms with Gasteiger partial charge < -0.3 is 9.47 Å². The standard InChI is InChI=1S/C24H22ClN3O3S/c1-24(2,31-18-9-7-16(25)8-10-18)22(29)28(15-17-6-4-5-13-26-17)23-27-20-12-11-19(30-3)14-21(20)32-23/h4-14H,15H2,1-3H3. The minimum atomic E-state index is -1.15.